The van der Waals surface area contributed by atoms with Crippen molar-refractivity contribution in [2.45, 2.75) is 325 Å². The first kappa shape index (κ1) is 80.2. The van der Waals surface area contributed by atoms with Crippen LogP contribution in [0, 0.1) is 0 Å². The quantitative estimate of drug-likeness (QED) is 0.0237. The second kappa shape index (κ2) is 32.9. The van der Waals surface area contributed by atoms with E-state index in [4.69, 9.17) is 0 Å². The Hall–Kier alpha value is -6.04. The largest absolute Gasteiger partial charge is 0.507 e. The molecular formula is C80H128N4O8. The van der Waals surface area contributed by atoms with Gasteiger partial charge < -0.3 is 41.7 Å². The molecule has 516 valence electrons. The maximum Gasteiger partial charge on any atom is 0.221 e. The van der Waals surface area contributed by atoms with Crippen molar-refractivity contribution in [3.05, 3.63) is 115 Å². The van der Waals surface area contributed by atoms with Crippen molar-refractivity contribution in [2.24, 2.45) is 0 Å². The minimum Gasteiger partial charge on any atom is -0.507 e. The molecule has 12 nitrogen and oxygen atoms in total. The van der Waals surface area contributed by atoms with Crippen LogP contribution in [0.2, 0.25) is 0 Å². The number of rotatable bonds is 25. The lowest BCUT2D eigenvalue weighted by Gasteiger charge is -2.28. The van der Waals surface area contributed by atoms with E-state index >= 15 is 0 Å². The average molecular weight is 1270 g/mol. The number of unbranched alkanes of at least 4 members (excludes halogenated alkanes) is 5. The summed E-state index contributed by atoms with van der Waals surface area (Å²) in [7, 11) is 0. The van der Waals surface area contributed by atoms with Crippen LogP contribution in [0.1, 0.15) is 317 Å². The maximum atomic E-state index is 13.2. The molecule has 92 heavy (non-hydrogen) atoms. The van der Waals surface area contributed by atoms with Crippen molar-refractivity contribution >= 4 is 23.6 Å². The Morgan fingerprint density at radius 3 is 0.717 bits per heavy atom. The number of carbonyl (C=O) groups is 4. The van der Waals surface area contributed by atoms with Gasteiger partial charge in [0.25, 0.3) is 0 Å². The Kier molecular flexibility index (Phi) is 28.7. The Bertz CT molecular complexity index is 2750. The van der Waals surface area contributed by atoms with E-state index in [0.29, 0.717) is 81.0 Å². The standard InChI is InChI=1S/2C40H64N2O4/c1-37(2,3)29-23-27(24-30(35(29)45)38(4,5)6)17-19-33(43)41-21-15-13-14-16-22-42-34(44)20-18-28-25-31(39(7,8)9)36(46)32(26-28)40(10,11)12;1-14-15-16-17-32(41-33(43)20-18-26-22-28(37(2,3)4)35(45)29(23-26)38(5,6)7)42-34(44)21-19-27-24-30(39(8,9)10)36(46)31(25-27)40(11,12)13/h23-26,45-46H,13-22H2,1-12H3,(H,41,43)(H,42,44);22-25,32,45-46H,14-21H2,1-13H3,(H,41,43)(H,42,44). The summed E-state index contributed by atoms with van der Waals surface area (Å²) in [6.07, 6.45) is 10.8. The summed E-state index contributed by atoms with van der Waals surface area (Å²) < 4.78 is 0. The van der Waals surface area contributed by atoms with E-state index in [-0.39, 0.29) is 79.8 Å². The average Bonchev–Trinajstić information content (AvgIpc) is 0.818. The molecule has 0 atom stereocenters. The Morgan fingerprint density at radius 1 is 0.315 bits per heavy atom. The number of carbonyl (C=O) groups excluding carboxylic acids is 4. The molecule has 0 saturated heterocycles. The Labute approximate surface area is 558 Å². The molecule has 4 rings (SSSR count). The fraction of sp³-hybridized carbons (Fsp3) is 0.650. The maximum absolute atomic E-state index is 13.2. The third kappa shape index (κ3) is 25.7. The van der Waals surface area contributed by atoms with Crippen LogP contribution in [-0.2, 0) is 88.2 Å². The highest BCUT2D eigenvalue weighted by molar-refractivity contribution is 5.80. The number of amides is 4. The summed E-state index contributed by atoms with van der Waals surface area (Å²) >= 11 is 0. The molecule has 0 aliphatic carbocycles. The summed E-state index contributed by atoms with van der Waals surface area (Å²) in [5.74, 6) is 1.30. The molecule has 12 heteroatoms. The van der Waals surface area contributed by atoms with Gasteiger partial charge in [-0.15, -0.1) is 0 Å². The Balaban J connectivity index is 0.000000480. The monoisotopic (exact) mass is 1270 g/mol. The van der Waals surface area contributed by atoms with Crippen molar-refractivity contribution in [3.63, 3.8) is 0 Å². The Morgan fingerprint density at radius 2 is 0.522 bits per heavy atom. The summed E-state index contributed by atoms with van der Waals surface area (Å²) in [5, 5.41) is 56.3. The van der Waals surface area contributed by atoms with Crippen molar-refractivity contribution in [2.75, 3.05) is 13.1 Å². The summed E-state index contributed by atoms with van der Waals surface area (Å²) in [5.41, 5.74) is 9.75. The molecule has 0 saturated carbocycles. The number of benzene rings is 4. The van der Waals surface area contributed by atoms with E-state index < -0.39 is 6.17 Å². The zero-order valence-corrected chi connectivity index (χ0v) is 62.3. The number of phenols is 4. The molecule has 0 unspecified atom stereocenters. The zero-order valence-electron chi connectivity index (χ0n) is 62.3. The molecule has 0 aliphatic rings. The normalized spacial score (nSPS) is 12.8. The van der Waals surface area contributed by atoms with E-state index in [2.05, 4.69) is 219 Å². The number of phenolic OH excluding ortho intramolecular Hbond substituents is 4. The van der Waals surface area contributed by atoms with Gasteiger partial charge in [-0.25, -0.2) is 0 Å². The van der Waals surface area contributed by atoms with Gasteiger partial charge in [-0.05, 0) is 161 Å². The second-order valence-electron chi connectivity index (χ2n) is 34.5. The third-order valence-corrected chi connectivity index (χ3v) is 17.2. The lowest BCUT2D eigenvalue weighted by molar-refractivity contribution is -0.125. The van der Waals surface area contributed by atoms with E-state index in [0.717, 1.165) is 112 Å². The molecule has 4 amide bonds. The van der Waals surface area contributed by atoms with Crippen molar-refractivity contribution in [1.82, 2.24) is 21.3 Å². The molecular weight excluding hydrogens is 1140 g/mol. The van der Waals surface area contributed by atoms with Crippen LogP contribution in [-0.4, -0.2) is 63.3 Å². The number of nitrogens with one attached hydrogen (secondary N) is 4. The molecule has 4 aromatic carbocycles. The van der Waals surface area contributed by atoms with Crippen LogP contribution < -0.4 is 21.3 Å². The molecule has 0 radical (unpaired) electrons. The van der Waals surface area contributed by atoms with Gasteiger partial charge in [-0.1, -0.05) is 247 Å². The van der Waals surface area contributed by atoms with Gasteiger partial charge in [0.05, 0.1) is 0 Å². The first-order valence-corrected chi connectivity index (χ1v) is 34.6. The SMILES string of the molecule is CC(C)(C)c1cc(CCC(=O)NCCCCCCNC(=O)CCc2cc(C(C)(C)C)c(O)c(C(C)(C)C)c2)cc(C(C)(C)C)c1O.CCCCCC(NC(=O)CCc1cc(C(C)(C)C)c(O)c(C(C)(C)C)c1)NC(=O)CCc1cc(C(C)(C)C)c(O)c(C(C)(C)C)c1. The van der Waals surface area contributed by atoms with Crippen LogP contribution in [0.3, 0.4) is 0 Å². The second-order valence-corrected chi connectivity index (χ2v) is 34.5. The lowest BCUT2D eigenvalue weighted by atomic mass is 9.78. The summed E-state index contributed by atoms with van der Waals surface area (Å²) in [6.45, 7) is 53.7. The fourth-order valence-electron chi connectivity index (χ4n) is 11.5. The minimum absolute atomic E-state index is 0.0489. The van der Waals surface area contributed by atoms with E-state index in [1.54, 1.807) is 0 Å². The minimum atomic E-state index is -0.434. The first-order chi connectivity index (χ1) is 42.0. The number of aryl methyl sites for hydroxylation is 4. The van der Waals surface area contributed by atoms with Gasteiger partial charge in [-0.3, -0.25) is 19.2 Å². The molecule has 0 spiro atoms. The highest BCUT2D eigenvalue weighted by Crippen LogP contribution is 2.44. The van der Waals surface area contributed by atoms with Crippen molar-refractivity contribution in [1.29, 1.82) is 0 Å². The molecule has 0 bridgehead atoms. The van der Waals surface area contributed by atoms with Crippen molar-refractivity contribution < 1.29 is 39.6 Å². The van der Waals surface area contributed by atoms with Gasteiger partial charge in [0.2, 0.25) is 23.6 Å². The van der Waals surface area contributed by atoms with Gasteiger partial charge in [0, 0.05) is 38.8 Å². The molecule has 8 N–H and O–H groups in total. The molecule has 0 aromatic heterocycles. The first-order valence-electron chi connectivity index (χ1n) is 34.6. The molecule has 0 heterocycles. The van der Waals surface area contributed by atoms with Crippen LogP contribution in [0.15, 0.2) is 48.5 Å². The van der Waals surface area contributed by atoms with Crippen LogP contribution in [0.5, 0.6) is 23.0 Å². The van der Waals surface area contributed by atoms with E-state index in [1.165, 1.54) is 0 Å². The molecule has 0 aliphatic heterocycles. The van der Waals surface area contributed by atoms with Gasteiger partial charge >= 0.3 is 0 Å². The summed E-state index contributed by atoms with van der Waals surface area (Å²) in [4.78, 5) is 51.5. The number of hydrogen-bond donors (Lipinski definition) is 8. The third-order valence-electron chi connectivity index (χ3n) is 17.2. The highest BCUT2D eigenvalue weighted by atomic mass is 16.3. The van der Waals surface area contributed by atoms with Crippen molar-refractivity contribution in [3.8, 4) is 23.0 Å². The molecule has 0 fully saturated rings. The van der Waals surface area contributed by atoms with Crippen LogP contribution >= 0.6 is 0 Å². The fourth-order valence-corrected chi connectivity index (χ4v) is 11.5. The van der Waals surface area contributed by atoms with E-state index in [1.807, 2.05) is 24.3 Å². The highest BCUT2D eigenvalue weighted by Gasteiger charge is 2.31. The predicted octanol–water partition coefficient (Wildman–Crippen LogP) is 17.6. The topological polar surface area (TPSA) is 197 Å². The van der Waals surface area contributed by atoms with E-state index in [9.17, 15) is 39.6 Å². The zero-order chi connectivity index (χ0) is 70.3. The smallest absolute Gasteiger partial charge is 0.221 e. The van der Waals surface area contributed by atoms with Crippen LogP contribution in [0.4, 0.5) is 0 Å². The van der Waals surface area contributed by atoms with Gasteiger partial charge in [-0.2, -0.15) is 0 Å². The van der Waals surface area contributed by atoms with Gasteiger partial charge in [0.1, 0.15) is 29.2 Å². The molecule has 4 aromatic rings. The number of hydrogen-bond acceptors (Lipinski definition) is 8. The summed E-state index contributed by atoms with van der Waals surface area (Å²) in [6, 6.07) is 16.3. The predicted molar refractivity (Wildman–Crippen MR) is 384 cm³/mol. The van der Waals surface area contributed by atoms with Gasteiger partial charge in [0.15, 0.2) is 0 Å². The van der Waals surface area contributed by atoms with Crippen LogP contribution in [0.25, 0.3) is 0 Å². The lowest BCUT2D eigenvalue weighted by Crippen LogP contribution is -2.48. The number of aromatic hydroxyl groups is 4.